The molecule has 84 valence electrons. The third-order valence-corrected chi connectivity index (χ3v) is 2.11. The molecule has 1 aromatic carbocycles. The van der Waals surface area contributed by atoms with Crippen molar-refractivity contribution in [1.29, 1.82) is 0 Å². The van der Waals surface area contributed by atoms with E-state index in [0.717, 1.165) is 0 Å². The number of para-hydroxylation sites is 1. The van der Waals surface area contributed by atoms with Crippen molar-refractivity contribution in [3.8, 4) is 5.75 Å². The Morgan fingerprint density at radius 2 is 1.80 bits per heavy atom. The quantitative estimate of drug-likeness (QED) is 0.703. The zero-order valence-corrected chi connectivity index (χ0v) is 8.83. The van der Waals surface area contributed by atoms with Crippen LogP contribution in [0.2, 0.25) is 0 Å². The van der Waals surface area contributed by atoms with E-state index in [0.29, 0.717) is 12.2 Å². The van der Waals surface area contributed by atoms with Crippen molar-refractivity contribution in [1.82, 2.24) is 0 Å². The van der Waals surface area contributed by atoms with Crippen LogP contribution in [0, 0.1) is 0 Å². The van der Waals surface area contributed by atoms with Crippen LogP contribution in [0.3, 0.4) is 0 Å². The van der Waals surface area contributed by atoms with Crippen molar-refractivity contribution in [3.05, 3.63) is 30.3 Å². The molecule has 0 aliphatic carbocycles. The predicted octanol–water partition coefficient (Wildman–Crippen LogP) is 3.54. The van der Waals surface area contributed by atoms with E-state index < -0.39 is 12.3 Å². The standard InChI is InChI=1S/C12H16F2O/c1-2-6-11(13)12(14)9-15-10-7-4-3-5-8-10/h3-5,7-8,11-12H,2,6,9H2,1H3. The topological polar surface area (TPSA) is 9.23 Å². The molecule has 0 aromatic heterocycles. The minimum Gasteiger partial charge on any atom is -0.490 e. The van der Waals surface area contributed by atoms with Crippen LogP contribution in [0.25, 0.3) is 0 Å². The summed E-state index contributed by atoms with van der Waals surface area (Å²) in [5, 5.41) is 0. The highest BCUT2D eigenvalue weighted by molar-refractivity contribution is 5.20. The van der Waals surface area contributed by atoms with Gasteiger partial charge < -0.3 is 4.74 Å². The summed E-state index contributed by atoms with van der Waals surface area (Å²) in [6, 6.07) is 8.87. The SMILES string of the molecule is CCCC(F)C(F)COc1ccccc1. The number of ether oxygens (including phenoxy) is 1. The number of hydrogen-bond acceptors (Lipinski definition) is 1. The largest absolute Gasteiger partial charge is 0.490 e. The van der Waals surface area contributed by atoms with Gasteiger partial charge in [0.2, 0.25) is 0 Å². The van der Waals surface area contributed by atoms with Gasteiger partial charge in [0.25, 0.3) is 0 Å². The Hall–Kier alpha value is -1.12. The minimum absolute atomic E-state index is 0.217. The number of rotatable bonds is 6. The van der Waals surface area contributed by atoms with E-state index in [1.54, 1.807) is 24.3 Å². The minimum atomic E-state index is -1.54. The van der Waals surface area contributed by atoms with E-state index in [4.69, 9.17) is 4.74 Å². The van der Waals surface area contributed by atoms with Gasteiger partial charge in [-0.1, -0.05) is 31.5 Å². The van der Waals surface area contributed by atoms with Crippen molar-refractivity contribution in [2.75, 3.05) is 6.61 Å². The Balaban J connectivity index is 2.31. The van der Waals surface area contributed by atoms with Crippen molar-refractivity contribution >= 4 is 0 Å². The summed E-state index contributed by atoms with van der Waals surface area (Å²) < 4.78 is 31.3. The summed E-state index contributed by atoms with van der Waals surface area (Å²) in [5.74, 6) is 0.573. The second kappa shape index (κ2) is 6.38. The monoisotopic (exact) mass is 214 g/mol. The molecule has 0 heterocycles. The smallest absolute Gasteiger partial charge is 0.165 e. The van der Waals surface area contributed by atoms with E-state index in [1.165, 1.54) is 0 Å². The number of alkyl halides is 2. The Labute approximate surface area is 89.1 Å². The Morgan fingerprint density at radius 3 is 2.40 bits per heavy atom. The first kappa shape index (κ1) is 12.0. The van der Waals surface area contributed by atoms with Crippen LogP contribution in [0.4, 0.5) is 8.78 Å². The molecule has 1 nitrogen and oxygen atoms in total. The first-order valence-electron chi connectivity index (χ1n) is 5.20. The Kier molecular flexibility index (Phi) is 5.08. The van der Waals surface area contributed by atoms with E-state index in [1.807, 2.05) is 13.0 Å². The molecule has 0 fully saturated rings. The Morgan fingerprint density at radius 1 is 1.13 bits per heavy atom. The molecule has 2 atom stereocenters. The van der Waals surface area contributed by atoms with Gasteiger partial charge in [-0.15, -0.1) is 0 Å². The van der Waals surface area contributed by atoms with Crippen molar-refractivity contribution in [2.24, 2.45) is 0 Å². The lowest BCUT2D eigenvalue weighted by atomic mass is 10.1. The second-order valence-electron chi connectivity index (χ2n) is 3.44. The van der Waals surface area contributed by atoms with Crippen molar-refractivity contribution < 1.29 is 13.5 Å². The van der Waals surface area contributed by atoms with Crippen LogP contribution < -0.4 is 4.74 Å². The van der Waals surface area contributed by atoms with Crippen LogP contribution in [0.5, 0.6) is 5.75 Å². The van der Waals surface area contributed by atoms with Gasteiger partial charge >= 0.3 is 0 Å². The molecule has 1 aromatic rings. The van der Waals surface area contributed by atoms with Crippen molar-refractivity contribution in [3.63, 3.8) is 0 Å². The number of benzene rings is 1. The van der Waals surface area contributed by atoms with Gasteiger partial charge in [-0.25, -0.2) is 8.78 Å². The van der Waals surface area contributed by atoms with Crippen molar-refractivity contribution in [2.45, 2.75) is 32.1 Å². The molecule has 15 heavy (non-hydrogen) atoms. The summed E-state index contributed by atoms with van der Waals surface area (Å²) in [4.78, 5) is 0. The summed E-state index contributed by atoms with van der Waals surface area (Å²) in [6.07, 6.45) is -2.06. The van der Waals surface area contributed by atoms with E-state index >= 15 is 0 Å². The highest BCUT2D eigenvalue weighted by Gasteiger charge is 2.19. The molecule has 0 saturated carbocycles. The fourth-order valence-electron chi connectivity index (χ4n) is 1.25. The predicted molar refractivity (Wildman–Crippen MR) is 56.6 cm³/mol. The van der Waals surface area contributed by atoms with Crippen LogP contribution in [0.15, 0.2) is 30.3 Å². The zero-order chi connectivity index (χ0) is 11.1. The first-order valence-corrected chi connectivity index (χ1v) is 5.20. The third-order valence-electron chi connectivity index (χ3n) is 2.11. The highest BCUT2D eigenvalue weighted by atomic mass is 19.2. The highest BCUT2D eigenvalue weighted by Crippen LogP contribution is 2.14. The molecule has 0 aliphatic rings. The van der Waals surface area contributed by atoms with Crippen LogP contribution in [0.1, 0.15) is 19.8 Å². The summed E-state index contributed by atoms with van der Waals surface area (Å²) in [6.45, 7) is 1.61. The molecule has 1 rings (SSSR count). The summed E-state index contributed by atoms with van der Waals surface area (Å²) >= 11 is 0. The average molecular weight is 214 g/mol. The van der Waals surface area contributed by atoms with E-state index in [2.05, 4.69) is 0 Å². The van der Waals surface area contributed by atoms with Gasteiger partial charge in [-0.05, 0) is 18.6 Å². The molecule has 0 amide bonds. The maximum absolute atomic E-state index is 13.2. The molecule has 0 radical (unpaired) electrons. The van der Waals surface area contributed by atoms with E-state index in [-0.39, 0.29) is 13.0 Å². The van der Waals surface area contributed by atoms with Gasteiger partial charge in [0.1, 0.15) is 18.5 Å². The number of halogens is 2. The molecular weight excluding hydrogens is 198 g/mol. The van der Waals surface area contributed by atoms with Gasteiger partial charge in [-0.2, -0.15) is 0 Å². The van der Waals surface area contributed by atoms with Gasteiger partial charge in [-0.3, -0.25) is 0 Å². The Bertz CT molecular complexity index is 264. The molecule has 0 aliphatic heterocycles. The van der Waals surface area contributed by atoms with E-state index in [9.17, 15) is 8.78 Å². The van der Waals surface area contributed by atoms with Gasteiger partial charge in [0, 0.05) is 0 Å². The first-order chi connectivity index (χ1) is 7.24. The zero-order valence-electron chi connectivity index (χ0n) is 8.83. The molecule has 0 N–H and O–H groups in total. The fourth-order valence-corrected chi connectivity index (χ4v) is 1.25. The van der Waals surface area contributed by atoms with Gasteiger partial charge in [0.15, 0.2) is 6.17 Å². The molecule has 2 unspecified atom stereocenters. The molecule has 3 heteroatoms. The maximum Gasteiger partial charge on any atom is 0.165 e. The second-order valence-corrected chi connectivity index (χ2v) is 3.44. The van der Waals surface area contributed by atoms with Crippen LogP contribution in [-0.4, -0.2) is 19.0 Å². The fraction of sp³-hybridized carbons (Fsp3) is 0.500. The lowest BCUT2D eigenvalue weighted by molar-refractivity contribution is 0.103. The number of hydrogen-bond donors (Lipinski definition) is 0. The van der Waals surface area contributed by atoms with Crippen LogP contribution >= 0.6 is 0 Å². The average Bonchev–Trinajstić information content (AvgIpc) is 2.27. The molecule has 0 bridgehead atoms. The summed E-state index contributed by atoms with van der Waals surface area (Å²) in [5.41, 5.74) is 0. The van der Waals surface area contributed by atoms with Gasteiger partial charge in [0.05, 0.1) is 0 Å². The third kappa shape index (κ3) is 4.28. The lowest BCUT2D eigenvalue weighted by Crippen LogP contribution is -2.24. The molecule has 0 saturated heterocycles. The van der Waals surface area contributed by atoms with Crippen LogP contribution in [-0.2, 0) is 0 Å². The maximum atomic E-state index is 13.2. The molecular formula is C12H16F2O. The normalized spacial score (nSPS) is 14.6. The summed E-state index contributed by atoms with van der Waals surface area (Å²) in [7, 11) is 0. The molecule has 0 spiro atoms. The lowest BCUT2D eigenvalue weighted by Gasteiger charge is -2.13.